The van der Waals surface area contributed by atoms with Crippen LogP contribution in [0.3, 0.4) is 0 Å². The molecular weight excluding hydrogens is 236 g/mol. The summed E-state index contributed by atoms with van der Waals surface area (Å²) in [5.41, 5.74) is 6.36. The monoisotopic (exact) mass is 262 g/mol. The third-order valence-corrected chi connectivity index (χ3v) is 4.31. The van der Waals surface area contributed by atoms with E-state index >= 15 is 0 Å². The van der Waals surface area contributed by atoms with Gasteiger partial charge in [-0.25, -0.2) is 9.97 Å². The van der Waals surface area contributed by atoms with E-state index in [2.05, 4.69) is 42.7 Å². The van der Waals surface area contributed by atoms with Gasteiger partial charge in [0.05, 0.1) is 0 Å². The van der Waals surface area contributed by atoms with Gasteiger partial charge in [-0.3, -0.25) is 0 Å². The summed E-state index contributed by atoms with van der Waals surface area (Å²) in [7, 11) is 2.13. The highest BCUT2D eigenvalue weighted by Crippen LogP contribution is 2.37. The van der Waals surface area contributed by atoms with E-state index in [4.69, 9.17) is 5.73 Å². The molecule has 0 bridgehead atoms. The van der Waals surface area contributed by atoms with Crippen molar-refractivity contribution in [3.05, 3.63) is 11.9 Å². The fraction of sp³-hybridized carbons (Fsp3) is 0.733. The Morgan fingerprint density at radius 3 is 2.53 bits per heavy atom. The van der Waals surface area contributed by atoms with Crippen LogP contribution in [0.4, 0.5) is 11.6 Å². The predicted molar refractivity (Wildman–Crippen MR) is 80.3 cm³/mol. The van der Waals surface area contributed by atoms with Crippen LogP contribution in [0.15, 0.2) is 6.07 Å². The van der Waals surface area contributed by atoms with Gasteiger partial charge in [-0.05, 0) is 31.1 Å². The van der Waals surface area contributed by atoms with Crippen LogP contribution in [-0.2, 0) is 6.42 Å². The number of aryl methyl sites for hydroxylation is 1. The van der Waals surface area contributed by atoms with Gasteiger partial charge in [-0.15, -0.1) is 0 Å². The summed E-state index contributed by atoms with van der Waals surface area (Å²) in [5, 5.41) is 0. The van der Waals surface area contributed by atoms with Crippen molar-refractivity contribution in [3.63, 3.8) is 0 Å². The summed E-state index contributed by atoms with van der Waals surface area (Å²) in [6.45, 7) is 6.78. The fourth-order valence-corrected chi connectivity index (χ4v) is 2.80. The van der Waals surface area contributed by atoms with Gasteiger partial charge in [0.1, 0.15) is 17.5 Å². The lowest BCUT2D eigenvalue weighted by atomic mass is 9.75. The topological polar surface area (TPSA) is 55.0 Å². The van der Waals surface area contributed by atoms with Gasteiger partial charge >= 0.3 is 0 Å². The van der Waals surface area contributed by atoms with Crippen molar-refractivity contribution in [1.82, 2.24) is 9.97 Å². The van der Waals surface area contributed by atoms with Crippen LogP contribution in [0.5, 0.6) is 0 Å². The van der Waals surface area contributed by atoms with E-state index in [9.17, 15) is 0 Å². The maximum atomic E-state index is 5.87. The third-order valence-electron chi connectivity index (χ3n) is 4.31. The van der Waals surface area contributed by atoms with Crippen molar-refractivity contribution < 1.29 is 0 Å². The van der Waals surface area contributed by atoms with E-state index in [-0.39, 0.29) is 0 Å². The van der Waals surface area contributed by atoms with Gasteiger partial charge in [-0.2, -0.15) is 0 Å². The molecule has 1 fully saturated rings. The quantitative estimate of drug-likeness (QED) is 0.909. The molecule has 1 saturated carbocycles. The molecule has 0 unspecified atom stereocenters. The number of rotatable bonds is 3. The molecule has 1 aliphatic carbocycles. The minimum absolute atomic E-state index is 0.497. The van der Waals surface area contributed by atoms with Gasteiger partial charge < -0.3 is 10.6 Å². The molecule has 1 heterocycles. The number of nitrogens with two attached hydrogens (primary N) is 1. The summed E-state index contributed by atoms with van der Waals surface area (Å²) in [6.07, 6.45) is 5.85. The Kier molecular flexibility index (Phi) is 3.97. The molecule has 4 nitrogen and oxygen atoms in total. The van der Waals surface area contributed by atoms with Gasteiger partial charge in [0.15, 0.2) is 0 Å². The second kappa shape index (κ2) is 5.35. The normalized spacial score (nSPS) is 19.4. The van der Waals surface area contributed by atoms with E-state index in [0.29, 0.717) is 17.3 Å². The minimum atomic E-state index is 0.497. The van der Waals surface area contributed by atoms with Gasteiger partial charge in [0, 0.05) is 25.6 Å². The molecule has 0 radical (unpaired) electrons. The molecule has 1 aromatic heterocycles. The molecule has 4 heteroatoms. The van der Waals surface area contributed by atoms with Crippen LogP contribution in [0.2, 0.25) is 0 Å². The number of aromatic nitrogens is 2. The lowest BCUT2D eigenvalue weighted by molar-refractivity contribution is 0.222. The molecule has 0 aromatic carbocycles. The molecule has 2 rings (SSSR count). The number of nitrogen functional groups attached to an aromatic ring is 1. The Bertz CT molecular complexity index is 432. The zero-order valence-electron chi connectivity index (χ0n) is 12.6. The predicted octanol–water partition coefficient (Wildman–Crippen LogP) is 3.03. The summed E-state index contributed by atoms with van der Waals surface area (Å²) >= 11 is 0. The van der Waals surface area contributed by atoms with Crippen LogP contribution in [0.25, 0.3) is 0 Å². The lowest BCUT2D eigenvalue weighted by Crippen LogP contribution is -2.37. The maximum absolute atomic E-state index is 5.87. The molecular formula is C15H26N4. The van der Waals surface area contributed by atoms with E-state index in [1.807, 2.05) is 6.07 Å². The van der Waals surface area contributed by atoms with E-state index in [1.165, 1.54) is 25.7 Å². The first-order valence-electron chi connectivity index (χ1n) is 7.27. The number of anilines is 2. The summed E-state index contributed by atoms with van der Waals surface area (Å²) < 4.78 is 0. The van der Waals surface area contributed by atoms with Crippen molar-refractivity contribution in [2.75, 3.05) is 17.7 Å². The SMILES string of the molecule is CCc1nc(N)cc(N(C)C2CCC(C)(C)CC2)n1. The molecule has 0 spiro atoms. The Balaban J connectivity index is 2.11. The minimum Gasteiger partial charge on any atom is -0.384 e. The summed E-state index contributed by atoms with van der Waals surface area (Å²) in [5.74, 6) is 2.37. The Hall–Kier alpha value is -1.32. The average molecular weight is 262 g/mol. The van der Waals surface area contributed by atoms with Crippen molar-refractivity contribution >= 4 is 11.6 Å². The van der Waals surface area contributed by atoms with E-state index < -0.39 is 0 Å². The van der Waals surface area contributed by atoms with Crippen molar-refractivity contribution in [1.29, 1.82) is 0 Å². The Morgan fingerprint density at radius 1 is 1.32 bits per heavy atom. The molecule has 0 atom stereocenters. The molecule has 0 saturated heterocycles. The first kappa shape index (κ1) is 14.1. The zero-order valence-corrected chi connectivity index (χ0v) is 12.6. The lowest BCUT2D eigenvalue weighted by Gasteiger charge is -2.39. The zero-order chi connectivity index (χ0) is 14.0. The molecule has 2 N–H and O–H groups in total. The smallest absolute Gasteiger partial charge is 0.134 e. The fourth-order valence-electron chi connectivity index (χ4n) is 2.80. The highest BCUT2D eigenvalue weighted by atomic mass is 15.2. The Labute approximate surface area is 116 Å². The Morgan fingerprint density at radius 2 is 1.95 bits per heavy atom. The molecule has 0 amide bonds. The standard InChI is InChI=1S/C15H26N4/c1-5-13-17-12(16)10-14(18-13)19(4)11-6-8-15(2,3)9-7-11/h10-11H,5-9H2,1-4H3,(H2,16,17,18). The third kappa shape index (κ3) is 3.37. The largest absolute Gasteiger partial charge is 0.384 e. The second-order valence-corrected chi connectivity index (χ2v) is 6.43. The van der Waals surface area contributed by atoms with Gasteiger partial charge in [0.25, 0.3) is 0 Å². The molecule has 1 aliphatic rings. The van der Waals surface area contributed by atoms with Crippen molar-refractivity contribution in [2.45, 2.75) is 58.9 Å². The van der Waals surface area contributed by atoms with Gasteiger partial charge in [0.2, 0.25) is 0 Å². The van der Waals surface area contributed by atoms with Crippen LogP contribution < -0.4 is 10.6 Å². The summed E-state index contributed by atoms with van der Waals surface area (Å²) in [4.78, 5) is 11.1. The van der Waals surface area contributed by atoms with E-state index in [1.54, 1.807) is 0 Å². The number of hydrogen-bond acceptors (Lipinski definition) is 4. The highest BCUT2D eigenvalue weighted by molar-refractivity contribution is 5.47. The first-order valence-corrected chi connectivity index (χ1v) is 7.27. The number of hydrogen-bond donors (Lipinski definition) is 1. The van der Waals surface area contributed by atoms with Crippen LogP contribution in [-0.4, -0.2) is 23.1 Å². The molecule has 0 aliphatic heterocycles. The van der Waals surface area contributed by atoms with Crippen molar-refractivity contribution in [2.24, 2.45) is 5.41 Å². The van der Waals surface area contributed by atoms with E-state index in [0.717, 1.165) is 18.1 Å². The highest BCUT2D eigenvalue weighted by Gasteiger charge is 2.29. The maximum Gasteiger partial charge on any atom is 0.134 e. The van der Waals surface area contributed by atoms with Crippen molar-refractivity contribution in [3.8, 4) is 0 Å². The van der Waals surface area contributed by atoms with Crippen LogP contribution in [0.1, 0.15) is 52.3 Å². The first-order chi connectivity index (χ1) is 8.91. The van der Waals surface area contributed by atoms with Crippen LogP contribution >= 0.6 is 0 Å². The molecule has 19 heavy (non-hydrogen) atoms. The summed E-state index contributed by atoms with van der Waals surface area (Å²) in [6, 6.07) is 2.46. The average Bonchev–Trinajstić information content (AvgIpc) is 2.37. The number of nitrogens with zero attached hydrogens (tertiary/aromatic N) is 3. The van der Waals surface area contributed by atoms with Crippen LogP contribution in [0, 0.1) is 5.41 Å². The molecule has 1 aromatic rings. The molecule has 106 valence electrons. The van der Waals surface area contributed by atoms with Gasteiger partial charge in [-0.1, -0.05) is 20.8 Å². The second-order valence-electron chi connectivity index (χ2n) is 6.43.